The van der Waals surface area contributed by atoms with E-state index < -0.39 is 0 Å². The molecule has 1 saturated carbocycles. The molecular formula is C15H27N7O2. The summed E-state index contributed by atoms with van der Waals surface area (Å²) in [5, 5.41) is 19.7. The number of H-pyrrole nitrogens is 1. The molecule has 0 aliphatic heterocycles. The molecule has 2 rings (SSSR count). The molecule has 3 atom stereocenters. The number of tetrazole rings is 1. The number of carbonyl (C=O) groups is 2. The molecule has 1 aliphatic carbocycles. The molecule has 134 valence electrons. The number of nitrogens with one attached hydrogen (secondary N) is 3. The lowest BCUT2D eigenvalue weighted by Crippen LogP contribution is -2.47. The van der Waals surface area contributed by atoms with Crippen LogP contribution in [-0.4, -0.2) is 45.0 Å². The van der Waals surface area contributed by atoms with Crippen molar-refractivity contribution in [2.24, 2.45) is 23.5 Å². The first-order valence-corrected chi connectivity index (χ1v) is 8.54. The summed E-state index contributed by atoms with van der Waals surface area (Å²) in [6, 6.07) is -0.0774. The van der Waals surface area contributed by atoms with Gasteiger partial charge in [0.25, 0.3) is 5.95 Å². The van der Waals surface area contributed by atoms with Crippen LogP contribution < -0.4 is 16.4 Å². The first-order valence-electron chi connectivity index (χ1n) is 8.54. The van der Waals surface area contributed by atoms with Crippen LogP contribution in [0, 0.1) is 17.8 Å². The zero-order valence-electron chi connectivity index (χ0n) is 14.3. The molecule has 0 spiro atoms. The zero-order valence-corrected chi connectivity index (χ0v) is 14.3. The largest absolute Gasteiger partial charge is 0.369 e. The van der Waals surface area contributed by atoms with Gasteiger partial charge in [0.15, 0.2) is 0 Å². The Kier molecular flexibility index (Phi) is 6.51. The van der Waals surface area contributed by atoms with E-state index in [0.29, 0.717) is 31.3 Å². The molecular weight excluding hydrogens is 310 g/mol. The highest BCUT2D eigenvalue weighted by Crippen LogP contribution is 2.30. The Labute approximate surface area is 141 Å². The molecule has 24 heavy (non-hydrogen) atoms. The maximum atomic E-state index is 12.7. The fraction of sp³-hybridized carbons (Fsp3) is 0.800. The van der Waals surface area contributed by atoms with E-state index in [0.717, 1.165) is 19.3 Å². The van der Waals surface area contributed by atoms with Gasteiger partial charge in [-0.05, 0) is 30.4 Å². The Bertz CT molecular complexity index is 532. The summed E-state index contributed by atoms with van der Waals surface area (Å²) in [6.45, 7) is 4.69. The van der Waals surface area contributed by atoms with Crippen LogP contribution in [-0.2, 0) is 9.59 Å². The first kappa shape index (κ1) is 18.2. The van der Waals surface area contributed by atoms with Crippen LogP contribution in [0.2, 0.25) is 0 Å². The molecule has 0 aromatic carbocycles. The molecule has 5 N–H and O–H groups in total. The lowest BCUT2D eigenvalue weighted by Gasteiger charge is -2.30. The van der Waals surface area contributed by atoms with Crippen molar-refractivity contribution in [1.29, 1.82) is 0 Å². The summed E-state index contributed by atoms with van der Waals surface area (Å²) in [5.74, 6) is -0.328. The lowest BCUT2D eigenvalue weighted by atomic mass is 9.78. The Morgan fingerprint density at radius 1 is 1.29 bits per heavy atom. The van der Waals surface area contributed by atoms with Crippen LogP contribution in [0.5, 0.6) is 0 Å². The second kappa shape index (κ2) is 8.60. The van der Waals surface area contributed by atoms with Gasteiger partial charge in [-0.3, -0.25) is 9.59 Å². The van der Waals surface area contributed by atoms with Gasteiger partial charge in [0.05, 0.1) is 0 Å². The van der Waals surface area contributed by atoms with E-state index >= 15 is 0 Å². The summed E-state index contributed by atoms with van der Waals surface area (Å²) in [4.78, 5) is 24.3. The van der Waals surface area contributed by atoms with Crippen molar-refractivity contribution in [2.45, 2.75) is 52.0 Å². The molecule has 1 aromatic rings. The molecule has 0 radical (unpaired) electrons. The van der Waals surface area contributed by atoms with Crippen molar-refractivity contribution >= 4 is 17.8 Å². The third-order valence-electron chi connectivity index (χ3n) is 4.42. The molecule has 0 saturated heterocycles. The highest BCUT2D eigenvalue weighted by molar-refractivity contribution is 5.87. The Hall–Kier alpha value is -2.19. The minimum atomic E-state index is -0.375. The van der Waals surface area contributed by atoms with Crippen LogP contribution in [0.15, 0.2) is 0 Å². The second-order valence-corrected chi connectivity index (χ2v) is 6.85. The number of carbonyl (C=O) groups excluding carboxylic acids is 2. The average molecular weight is 337 g/mol. The van der Waals surface area contributed by atoms with Crippen molar-refractivity contribution in [3.8, 4) is 0 Å². The molecule has 9 heteroatoms. The highest BCUT2D eigenvalue weighted by atomic mass is 16.2. The number of nitrogens with zero attached hydrogens (tertiary/aromatic N) is 3. The number of hydrogen-bond donors (Lipinski definition) is 4. The number of aromatic amines is 1. The van der Waals surface area contributed by atoms with E-state index in [9.17, 15) is 9.59 Å². The number of amides is 2. The SMILES string of the molecule is CC(C)C[C@@H](CNc1nn[nH]n1)NC(=O)[C@@H]1CCCC[C@@H]1C(N)=O. The summed E-state index contributed by atoms with van der Waals surface area (Å²) >= 11 is 0. The molecule has 1 aliphatic rings. The maximum absolute atomic E-state index is 12.7. The summed E-state index contributed by atoms with van der Waals surface area (Å²) in [6.07, 6.45) is 4.13. The Morgan fingerprint density at radius 2 is 2.00 bits per heavy atom. The van der Waals surface area contributed by atoms with Gasteiger partial charge in [0.1, 0.15) is 0 Å². The lowest BCUT2D eigenvalue weighted by molar-refractivity contribution is -0.135. The fourth-order valence-corrected chi connectivity index (χ4v) is 3.31. The van der Waals surface area contributed by atoms with Gasteiger partial charge in [-0.25, -0.2) is 0 Å². The van der Waals surface area contributed by atoms with Crippen LogP contribution in [0.3, 0.4) is 0 Å². The maximum Gasteiger partial charge on any atom is 0.263 e. The normalized spacial score (nSPS) is 22.1. The fourth-order valence-electron chi connectivity index (χ4n) is 3.31. The average Bonchev–Trinajstić information content (AvgIpc) is 3.05. The number of anilines is 1. The number of rotatable bonds is 8. The number of aromatic nitrogens is 4. The van der Waals surface area contributed by atoms with Gasteiger partial charge >= 0.3 is 0 Å². The van der Waals surface area contributed by atoms with E-state index in [1.807, 2.05) is 0 Å². The minimum Gasteiger partial charge on any atom is -0.369 e. The topological polar surface area (TPSA) is 139 Å². The molecule has 1 heterocycles. The summed E-state index contributed by atoms with van der Waals surface area (Å²) < 4.78 is 0. The highest BCUT2D eigenvalue weighted by Gasteiger charge is 2.35. The third-order valence-corrected chi connectivity index (χ3v) is 4.42. The van der Waals surface area contributed by atoms with Crippen molar-refractivity contribution < 1.29 is 9.59 Å². The third kappa shape index (κ3) is 5.17. The summed E-state index contributed by atoms with van der Waals surface area (Å²) in [5.41, 5.74) is 5.47. The van der Waals surface area contributed by atoms with Gasteiger partial charge in [-0.1, -0.05) is 31.8 Å². The molecule has 0 bridgehead atoms. The van der Waals surface area contributed by atoms with Gasteiger partial charge in [0, 0.05) is 24.4 Å². The zero-order chi connectivity index (χ0) is 17.5. The Morgan fingerprint density at radius 3 is 2.58 bits per heavy atom. The van der Waals surface area contributed by atoms with Crippen molar-refractivity contribution in [1.82, 2.24) is 25.9 Å². The van der Waals surface area contributed by atoms with E-state index in [-0.39, 0.29) is 29.7 Å². The van der Waals surface area contributed by atoms with Gasteiger partial charge in [-0.15, -0.1) is 5.10 Å². The number of primary amides is 1. The van der Waals surface area contributed by atoms with Gasteiger partial charge < -0.3 is 16.4 Å². The van der Waals surface area contributed by atoms with E-state index in [1.54, 1.807) is 0 Å². The summed E-state index contributed by atoms with van der Waals surface area (Å²) in [7, 11) is 0. The predicted octanol–water partition coefficient (Wildman–Crippen LogP) is 0.434. The standard InChI is InChI=1S/C15H27N7O2/c1-9(2)7-10(8-17-15-19-21-22-20-15)18-14(24)12-6-4-3-5-11(12)13(16)23/h9-12H,3-8H2,1-2H3,(H2,16,23)(H,18,24)(H2,17,19,20,21,22)/t10-,11-,12+/m0/s1. The van der Waals surface area contributed by atoms with Crippen LogP contribution in [0.25, 0.3) is 0 Å². The van der Waals surface area contributed by atoms with Crippen LogP contribution >= 0.6 is 0 Å². The molecule has 9 nitrogen and oxygen atoms in total. The van der Waals surface area contributed by atoms with Crippen LogP contribution in [0.1, 0.15) is 46.0 Å². The molecule has 0 unspecified atom stereocenters. The molecule has 1 aromatic heterocycles. The minimum absolute atomic E-state index is 0.0774. The monoisotopic (exact) mass is 337 g/mol. The Balaban J connectivity index is 1.95. The van der Waals surface area contributed by atoms with Gasteiger partial charge in [-0.2, -0.15) is 5.21 Å². The number of hydrogen-bond acceptors (Lipinski definition) is 6. The van der Waals surface area contributed by atoms with E-state index in [1.165, 1.54) is 0 Å². The van der Waals surface area contributed by atoms with E-state index in [4.69, 9.17) is 5.73 Å². The number of nitrogens with two attached hydrogens (primary N) is 1. The first-order chi connectivity index (χ1) is 11.5. The van der Waals surface area contributed by atoms with Crippen LogP contribution in [0.4, 0.5) is 5.95 Å². The molecule has 2 amide bonds. The van der Waals surface area contributed by atoms with Crippen molar-refractivity contribution in [3.63, 3.8) is 0 Å². The van der Waals surface area contributed by atoms with Crippen molar-refractivity contribution in [3.05, 3.63) is 0 Å². The quantitative estimate of drug-likeness (QED) is 0.542. The smallest absolute Gasteiger partial charge is 0.263 e. The second-order valence-electron chi connectivity index (χ2n) is 6.85. The molecule has 1 fully saturated rings. The van der Waals surface area contributed by atoms with Gasteiger partial charge in [0.2, 0.25) is 11.8 Å². The predicted molar refractivity (Wildman–Crippen MR) is 88.7 cm³/mol. The van der Waals surface area contributed by atoms with Crippen molar-refractivity contribution in [2.75, 3.05) is 11.9 Å². The van der Waals surface area contributed by atoms with E-state index in [2.05, 4.69) is 45.1 Å².